The number of phosphoric ester groups is 1. The van der Waals surface area contributed by atoms with Crippen LogP contribution in [0.15, 0.2) is 24.3 Å². The molecule has 0 bridgehead atoms. The molecule has 0 aliphatic heterocycles. The molecule has 0 rings (SSSR count). The third-order valence-electron chi connectivity index (χ3n) is 15.1. The number of hydrogen-bond acceptors (Lipinski definition) is 8. The van der Waals surface area contributed by atoms with Gasteiger partial charge >= 0.3 is 19.8 Å². The SMILES string of the molecule is CCCCCCCCC/C=C\CCCCCCCCCC(=O)OCC(COP(=O)(O)OCCN)OC(=O)CCCCCCCCCCCCCCCCCCCCCCCCCCC/C=C\CCCCCCCCCC. The molecule has 0 aromatic heterocycles. The smallest absolute Gasteiger partial charge is 0.462 e. The lowest BCUT2D eigenvalue weighted by atomic mass is 10.0. The number of esters is 2. The molecule has 76 heavy (non-hydrogen) atoms. The number of allylic oxidation sites excluding steroid dienone is 4. The van der Waals surface area contributed by atoms with Crippen LogP contribution in [0.3, 0.4) is 0 Å². The molecule has 2 atom stereocenters. The Labute approximate surface area is 472 Å². The summed E-state index contributed by atoms with van der Waals surface area (Å²) in [6.07, 6.45) is 75.7. The Kier molecular flexibility index (Phi) is 61.4. The first-order valence-electron chi connectivity index (χ1n) is 33.3. The van der Waals surface area contributed by atoms with Gasteiger partial charge in [-0.25, -0.2) is 4.57 Å². The highest BCUT2D eigenvalue weighted by molar-refractivity contribution is 7.47. The van der Waals surface area contributed by atoms with E-state index in [9.17, 15) is 19.0 Å². The maximum Gasteiger partial charge on any atom is 0.472 e. The summed E-state index contributed by atoms with van der Waals surface area (Å²) in [6, 6.07) is 0. The van der Waals surface area contributed by atoms with Gasteiger partial charge in [-0.3, -0.25) is 18.6 Å². The molecule has 0 saturated heterocycles. The maximum absolute atomic E-state index is 12.7. The van der Waals surface area contributed by atoms with Gasteiger partial charge in [0.05, 0.1) is 13.2 Å². The van der Waals surface area contributed by atoms with Gasteiger partial charge in [-0.2, -0.15) is 0 Å². The van der Waals surface area contributed by atoms with Crippen LogP contribution in [0.2, 0.25) is 0 Å². The van der Waals surface area contributed by atoms with Crippen LogP contribution in [-0.2, 0) is 32.7 Å². The van der Waals surface area contributed by atoms with Crippen molar-refractivity contribution in [3.8, 4) is 0 Å². The second kappa shape index (κ2) is 62.7. The number of carbonyl (C=O) groups excluding carboxylic acids is 2. The van der Waals surface area contributed by atoms with Gasteiger partial charge < -0.3 is 20.1 Å². The molecule has 0 aliphatic rings. The zero-order valence-electron chi connectivity index (χ0n) is 50.5. The van der Waals surface area contributed by atoms with Gasteiger partial charge in [-0.15, -0.1) is 0 Å². The molecule has 0 radical (unpaired) electrons. The van der Waals surface area contributed by atoms with Crippen molar-refractivity contribution in [2.75, 3.05) is 26.4 Å². The molecule has 2 unspecified atom stereocenters. The first kappa shape index (κ1) is 74.5. The number of phosphoric acid groups is 1. The van der Waals surface area contributed by atoms with Gasteiger partial charge in [0.2, 0.25) is 0 Å². The van der Waals surface area contributed by atoms with Crippen molar-refractivity contribution in [1.29, 1.82) is 0 Å². The van der Waals surface area contributed by atoms with Crippen molar-refractivity contribution >= 4 is 19.8 Å². The highest BCUT2D eigenvalue weighted by atomic mass is 31.2. The highest BCUT2D eigenvalue weighted by Gasteiger charge is 2.26. The van der Waals surface area contributed by atoms with Crippen molar-refractivity contribution < 1.29 is 37.6 Å². The number of nitrogens with two attached hydrogens (primary N) is 1. The molecule has 0 amide bonds. The Hall–Kier alpha value is -1.51. The third kappa shape index (κ3) is 61.7. The fourth-order valence-electron chi connectivity index (χ4n) is 10.1. The summed E-state index contributed by atoms with van der Waals surface area (Å²) < 4.78 is 33.1. The molecular weight excluding hydrogens is 966 g/mol. The van der Waals surface area contributed by atoms with Gasteiger partial charge in [0.25, 0.3) is 0 Å². The summed E-state index contributed by atoms with van der Waals surface area (Å²) in [6.45, 7) is 3.80. The van der Waals surface area contributed by atoms with Crippen LogP contribution in [0.4, 0.5) is 0 Å². The monoisotopic (exact) mass is 1090 g/mol. The number of unbranched alkanes of at least 4 members (excludes halogenated alkanes) is 47. The van der Waals surface area contributed by atoms with E-state index in [-0.39, 0.29) is 38.6 Å². The fraction of sp³-hybridized carbons (Fsp3) is 0.909. The van der Waals surface area contributed by atoms with Crippen molar-refractivity contribution in [1.82, 2.24) is 0 Å². The summed E-state index contributed by atoms with van der Waals surface area (Å²) in [5.74, 6) is -0.813. The highest BCUT2D eigenvalue weighted by Crippen LogP contribution is 2.43. The van der Waals surface area contributed by atoms with Gasteiger partial charge in [0.15, 0.2) is 6.10 Å². The summed E-state index contributed by atoms with van der Waals surface area (Å²) in [5, 5.41) is 0. The summed E-state index contributed by atoms with van der Waals surface area (Å²) >= 11 is 0. The van der Waals surface area contributed by atoms with Gasteiger partial charge in [0, 0.05) is 19.4 Å². The second-order valence-electron chi connectivity index (χ2n) is 22.7. The maximum atomic E-state index is 12.7. The number of hydrogen-bond donors (Lipinski definition) is 2. The molecule has 0 heterocycles. The minimum absolute atomic E-state index is 0.0556. The predicted octanol–water partition coefficient (Wildman–Crippen LogP) is 21.4. The summed E-state index contributed by atoms with van der Waals surface area (Å²) in [4.78, 5) is 35.2. The predicted molar refractivity (Wildman–Crippen MR) is 326 cm³/mol. The Morgan fingerprint density at radius 1 is 0.382 bits per heavy atom. The minimum atomic E-state index is -4.39. The molecule has 0 spiro atoms. The molecular formula is C66H128NO8P. The topological polar surface area (TPSA) is 134 Å². The average molecular weight is 1090 g/mol. The number of rotatable bonds is 64. The molecule has 9 nitrogen and oxygen atoms in total. The van der Waals surface area contributed by atoms with Crippen LogP contribution in [0.1, 0.15) is 354 Å². The Bertz CT molecular complexity index is 1290. The van der Waals surface area contributed by atoms with Crippen molar-refractivity contribution in [2.24, 2.45) is 5.73 Å². The second-order valence-corrected chi connectivity index (χ2v) is 24.1. The normalized spacial score (nSPS) is 13.1. The standard InChI is InChI=1S/C66H128NO8P/c1-3-5-7-9-11-13-15-17-19-21-23-24-25-26-27-28-29-30-31-32-33-34-35-36-37-38-39-40-41-43-45-47-49-51-53-55-57-59-66(69)75-64(63-74-76(70,71)73-61-60-67)62-72-65(68)58-56-54-52-50-48-46-44-42-22-20-18-16-14-12-10-8-6-4-2/h20-23,64H,3-19,24-63,67H2,1-2H3,(H,70,71)/b22-20-,23-21-. The van der Waals surface area contributed by atoms with Crippen molar-refractivity contribution in [3.63, 3.8) is 0 Å². The molecule has 0 aromatic carbocycles. The number of carbonyl (C=O) groups is 2. The van der Waals surface area contributed by atoms with E-state index >= 15 is 0 Å². The van der Waals surface area contributed by atoms with Gasteiger partial charge in [0.1, 0.15) is 6.61 Å². The van der Waals surface area contributed by atoms with E-state index in [2.05, 4.69) is 38.2 Å². The first-order chi connectivity index (χ1) is 37.3. The molecule has 0 fully saturated rings. The Balaban J connectivity index is 3.77. The largest absolute Gasteiger partial charge is 0.472 e. The molecule has 450 valence electrons. The van der Waals surface area contributed by atoms with Crippen LogP contribution in [0.25, 0.3) is 0 Å². The lowest BCUT2D eigenvalue weighted by Crippen LogP contribution is -2.29. The molecule has 0 aliphatic carbocycles. The fourth-order valence-corrected chi connectivity index (χ4v) is 10.9. The first-order valence-corrected chi connectivity index (χ1v) is 34.8. The third-order valence-corrected chi connectivity index (χ3v) is 16.0. The molecule has 0 saturated carbocycles. The lowest BCUT2D eigenvalue weighted by molar-refractivity contribution is -0.161. The van der Waals surface area contributed by atoms with Gasteiger partial charge in [-0.05, 0) is 64.2 Å². The zero-order chi connectivity index (χ0) is 55.2. The van der Waals surface area contributed by atoms with Crippen LogP contribution in [-0.4, -0.2) is 49.3 Å². The lowest BCUT2D eigenvalue weighted by Gasteiger charge is -2.19. The van der Waals surface area contributed by atoms with Crippen molar-refractivity contribution in [2.45, 2.75) is 360 Å². The van der Waals surface area contributed by atoms with Crippen LogP contribution >= 0.6 is 7.82 Å². The van der Waals surface area contributed by atoms with Crippen molar-refractivity contribution in [3.05, 3.63) is 24.3 Å². The number of ether oxygens (including phenoxy) is 2. The Morgan fingerprint density at radius 2 is 0.645 bits per heavy atom. The summed E-state index contributed by atoms with van der Waals surface area (Å²) in [5.41, 5.74) is 5.39. The van der Waals surface area contributed by atoms with E-state index in [1.165, 1.54) is 289 Å². The quantitative estimate of drug-likeness (QED) is 0.0264. The Morgan fingerprint density at radius 3 is 0.934 bits per heavy atom. The van der Waals surface area contributed by atoms with Crippen LogP contribution in [0.5, 0.6) is 0 Å². The average Bonchev–Trinajstić information content (AvgIpc) is 3.41. The van der Waals surface area contributed by atoms with E-state index in [1.807, 2.05) is 0 Å². The van der Waals surface area contributed by atoms with E-state index in [4.69, 9.17) is 24.3 Å². The molecule has 10 heteroatoms. The molecule has 0 aromatic rings. The minimum Gasteiger partial charge on any atom is -0.462 e. The van der Waals surface area contributed by atoms with E-state index in [0.29, 0.717) is 6.42 Å². The van der Waals surface area contributed by atoms with Crippen LogP contribution < -0.4 is 5.73 Å². The van der Waals surface area contributed by atoms with E-state index < -0.39 is 26.5 Å². The van der Waals surface area contributed by atoms with E-state index in [1.54, 1.807) is 0 Å². The molecule has 3 N–H and O–H groups in total. The summed E-state index contributed by atoms with van der Waals surface area (Å²) in [7, 11) is -4.39. The van der Waals surface area contributed by atoms with Gasteiger partial charge in [-0.1, -0.05) is 301 Å². The zero-order valence-corrected chi connectivity index (χ0v) is 51.4. The van der Waals surface area contributed by atoms with E-state index in [0.717, 1.165) is 32.1 Å². The van der Waals surface area contributed by atoms with Crippen LogP contribution in [0, 0.1) is 0 Å².